The Bertz CT molecular complexity index is 1680. The Kier molecular flexibility index (Phi) is 11.5. The Hall–Kier alpha value is -4.93. The first-order valence-corrected chi connectivity index (χ1v) is 15.0. The van der Waals surface area contributed by atoms with E-state index in [4.69, 9.17) is 25.8 Å². The molecule has 9 nitrogen and oxygen atoms in total. The number of anilines is 2. The first-order chi connectivity index (χ1) is 21.7. The van der Waals surface area contributed by atoms with Crippen LogP contribution >= 0.6 is 23.4 Å². The van der Waals surface area contributed by atoms with Gasteiger partial charge in [-0.05, 0) is 79.7 Å². The monoisotopic (exact) mass is 645 g/mol. The van der Waals surface area contributed by atoms with Gasteiger partial charge in [0.05, 0.1) is 26.6 Å². The third kappa shape index (κ3) is 9.04. The topological polar surface area (TPSA) is 115 Å². The van der Waals surface area contributed by atoms with Crippen molar-refractivity contribution in [1.29, 1.82) is 0 Å². The van der Waals surface area contributed by atoms with Crippen LogP contribution in [0.1, 0.15) is 22.8 Å². The van der Waals surface area contributed by atoms with E-state index >= 15 is 0 Å². The first-order valence-electron chi connectivity index (χ1n) is 13.7. The number of carbonyl (C=O) groups excluding carboxylic acids is 3. The van der Waals surface area contributed by atoms with Crippen LogP contribution in [0.3, 0.4) is 0 Å². The second-order valence-corrected chi connectivity index (χ2v) is 11.4. The van der Waals surface area contributed by atoms with Gasteiger partial charge in [-0.1, -0.05) is 29.8 Å². The summed E-state index contributed by atoms with van der Waals surface area (Å²) in [5, 5.41) is 8.62. The van der Waals surface area contributed by atoms with Crippen LogP contribution < -0.4 is 30.2 Å². The molecule has 0 saturated heterocycles. The van der Waals surface area contributed by atoms with Crippen molar-refractivity contribution in [2.24, 2.45) is 0 Å². The molecule has 1 unspecified atom stereocenters. The van der Waals surface area contributed by atoms with Crippen LogP contribution in [0.4, 0.5) is 11.4 Å². The van der Waals surface area contributed by atoms with Gasteiger partial charge in [-0.15, -0.1) is 11.8 Å². The summed E-state index contributed by atoms with van der Waals surface area (Å²) in [5.74, 6) is 0.0847. The van der Waals surface area contributed by atoms with Gasteiger partial charge in [0.15, 0.2) is 11.5 Å². The van der Waals surface area contributed by atoms with Gasteiger partial charge in [-0.25, -0.2) is 0 Å². The van der Waals surface area contributed by atoms with E-state index in [2.05, 4.69) is 16.0 Å². The molecule has 45 heavy (non-hydrogen) atoms. The van der Waals surface area contributed by atoms with Crippen LogP contribution in [0, 0.1) is 0 Å². The van der Waals surface area contributed by atoms with E-state index in [0.717, 1.165) is 4.90 Å². The largest absolute Gasteiger partial charge is 0.496 e. The lowest BCUT2D eigenvalue weighted by Crippen LogP contribution is -2.30. The number of nitrogens with one attached hydrogen (secondary N) is 3. The Labute approximate surface area is 270 Å². The standard InChI is InChI=1S/C34H32ClN3O6S/c1-21(32(39)36-25-12-10-24(35)11-13-25)45-27-16-14-26(15-17-27)37-34(41)28(38-33(40)22-8-6-5-7-9-22)18-23-19-30(43-3)31(44-4)20-29(23)42-2/h5-21H,1-4H3,(H,36,39)(H,37,41)(H,38,40)/b28-18-. The third-order valence-electron chi connectivity index (χ3n) is 6.47. The van der Waals surface area contributed by atoms with Crippen molar-refractivity contribution < 1.29 is 28.6 Å². The molecule has 4 aromatic rings. The van der Waals surface area contributed by atoms with Crippen molar-refractivity contribution in [2.75, 3.05) is 32.0 Å². The van der Waals surface area contributed by atoms with E-state index in [0.29, 0.717) is 44.8 Å². The second-order valence-electron chi connectivity index (χ2n) is 9.56. The van der Waals surface area contributed by atoms with E-state index in [-0.39, 0.29) is 16.9 Å². The van der Waals surface area contributed by atoms with Crippen LogP contribution in [0.25, 0.3) is 6.08 Å². The number of halogens is 1. The zero-order valence-electron chi connectivity index (χ0n) is 25.1. The minimum atomic E-state index is -0.563. The van der Waals surface area contributed by atoms with E-state index in [1.165, 1.54) is 39.2 Å². The van der Waals surface area contributed by atoms with Gasteiger partial charge in [0.25, 0.3) is 11.8 Å². The van der Waals surface area contributed by atoms with Gasteiger partial charge in [0, 0.05) is 38.5 Å². The SMILES string of the molecule is COc1cc(OC)c(OC)cc1/C=C(\NC(=O)c1ccccc1)C(=O)Nc1ccc(SC(C)C(=O)Nc2ccc(Cl)cc2)cc1. The molecule has 0 spiro atoms. The maximum atomic E-state index is 13.6. The minimum absolute atomic E-state index is 0.0275. The van der Waals surface area contributed by atoms with Crippen LogP contribution in [0.15, 0.2) is 102 Å². The molecule has 0 aliphatic heterocycles. The lowest BCUT2D eigenvalue weighted by molar-refractivity contribution is -0.115. The molecule has 0 bridgehead atoms. The van der Waals surface area contributed by atoms with Crippen LogP contribution in [-0.2, 0) is 9.59 Å². The highest BCUT2D eigenvalue weighted by Gasteiger charge is 2.19. The van der Waals surface area contributed by atoms with Crippen molar-refractivity contribution in [1.82, 2.24) is 5.32 Å². The summed E-state index contributed by atoms with van der Waals surface area (Å²) in [5.41, 5.74) is 1.98. The van der Waals surface area contributed by atoms with Gasteiger partial charge >= 0.3 is 0 Å². The normalized spacial score (nSPS) is 11.6. The number of thioether (sulfide) groups is 1. The molecular weight excluding hydrogens is 614 g/mol. The van der Waals surface area contributed by atoms with E-state index in [1.807, 2.05) is 0 Å². The van der Waals surface area contributed by atoms with Crippen molar-refractivity contribution in [3.8, 4) is 17.2 Å². The van der Waals surface area contributed by atoms with Crippen LogP contribution in [0.2, 0.25) is 5.02 Å². The summed E-state index contributed by atoms with van der Waals surface area (Å²) in [7, 11) is 4.49. The number of hydrogen-bond acceptors (Lipinski definition) is 7. The Balaban J connectivity index is 1.52. The number of ether oxygens (including phenoxy) is 3. The van der Waals surface area contributed by atoms with Crippen molar-refractivity contribution in [3.63, 3.8) is 0 Å². The summed E-state index contributed by atoms with van der Waals surface area (Å²) in [6.45, 7) is 1.81. The fourth-order valence-electron chi connectivity index (χ4n) is 4.11. The molecule has 0 aliphatic rings. The van der Waals surface area contributed by atoms with E-state index < -0.39 is 11.8 Å². The van der Waals surface area contributed by atoms with Crippen molar-refractivity contribution in [2.45, 2.75) is 17.1 Å². The highest BCUT2D eigenvalue weighted by Crippen LogP contribution is 2.36. The highest BCUT2D eigenvalue weighted by molar-refractivity contribution is 8.00. The number of amides is 3. The predicted octanol–water partition coefficient (Wildman–Crippen LogP) is 6.89. The molecule has 0 heterocycles. The molecule has 0 aromatic heterocycles. The number of hydrogen-bond donors (Lipinski definition) is 3. The van der Waals surface area contributed by atoms with Gasteiger partial charge in [-0.2, -0.15) is 0 Å². The minimum Gasteiger partial charge on any atom is -0.496 e. The summed E-state index contributed by atoms with van der Waals surface area (Å²) >= 11 is 7.29. The van der Waals surface area contributed by atoms with Crippen molar-refractivity contribution >= 4 is 58.5 Å². The highest BCUT2D eigenvalue weighted by atomic mass is 35.5. The fraction of sp³-hybridized carbons (Fsp3) is 0.147. The average Bonchev–Trinajstić information content (AvgIpc) is 3.06. The molecule has 0 radical (unpaired) electrons. The molecule has 3 N–H and O–H groups in total. The van der Waals surface area contributed by atoms with Crippen LogP contribution in [-0.4, -0.2) is 44.3 Å². The lowest BCUT2D eigenvalue weighted by atomic mass is 10.1. The number of benzene rings is 4. The maximum Gasteiger partial charge on any atom is 0.272 e. The number of rotatable bonds is 12. The summed E-state index contributed by atoms with van der Waals surface area (Å²) in [4.78, 5) is 40.1. The summed E-state index contributed by atoms with van der Waals surface area (Å²) < 4.78 is 16.3. The molecule has 3 amide bonds. The number of methoxy groups -OCH3 is 3. The molecule has 0 aliphatic carbocycles. The second kappa shape index (κ2) is 15.7. The molecule has 232 valence electrons. The lowest BCUT2D eigenvalue weighted by Gasteiger charge is -2.15. The molecule has 1 atom stereocenters. The molecular formula is C34H32ClN3O6S. The zero-order valence-corrected chi connectivity index (χ0v) is 26.6. The first kappa shape index (κ1) is 33.0. The van der Waals surface area contributed by atoms with Gasteiger partial charge < -0.3 is 30.2 Å². The van der Waals surface area contributed by atoms with Crippen LogP contribution in [0.5, 0.6) is 17.2 Å². The van der Waals surface area contributed by atoms with E-state index in [9.17, 15) is 14.4 Å². The summed E-state index contributed by atoms with van der Waals surface area (Å²) in [6.07, 6.45) is 1.50. The Morgan fingerprint density at radius 2 is 1.33 bits per heavy atom. The Morgan fingerprint density at radius 1 is 0.756 bits per heavy atom. The molecule has 0 saturated carbocycles. The third-order valence-corrected chi connectivity index (χ3v) is 7.83. The smallest absolute Gasteiger partial charge is 0.272 e. The maximum absolute atomic E-state index is 13.6. The average molecular weight is 646 g/mol. The van der Waals surface area contributed by atoms with Crippen molar-refractivity contribution in [3.05, 3.63) is 113 Å². The molecule has 4 rings (SSSR count). The van der Waals surface area contributed by atoms with Gasteiger partial charge in [-0.3, -0.25) is 14.4 Å². The van der Waals surface area contributed by atoms with Gasteiger partial charge in [0.1, 0.15) is 11.4 Å². The summed E-state index contributed by atoms with van der Waals surface area (Å²) in [6, 6.07) is 25.8. The fourth-order valence-corrected chi connectivity index (χ4v) is 5.11. The molecule has 0 fully saturated rings. The molecule has 4 aromatic carbocycles. The number of carbonyl (C=O) groups is 3. The van der Waals surface area contributed by atoms with E-state index in [1.54, 1.807) is 97.9 Å². The zero-order chi connectivity index (χ0) is 32.3. The quantitative estimate of drug-likeness (QED) is 0.113. The predicted molar refractivity (Wildman–Crippen MR) is 178 cm³/mol. The Morgan fingerprint density at radius 3 is 1.96 bits per heavy atom. The van der Waals surface area contributed by atoms with Gasteiger partial charge in [0.2, 0.25) is 5.91 Å². The molecule has 11 heteroatoms.